The van der Waals surface area contributed by atoms with E-state index in [4.69, 9.17) is 14.7 Å². The van der Waals surface area contributed by atoms with Crippen molar-refractivity contribution in [3.8, 4) is 11.3 Å². The lowest BCUT2D eigenvalue weighted by Crippen LogP contribution is -2.37. The van der Waals surface area contributed by atoms with Crippen molar-refractivity contribution in [3.63, 3.8) is 0 Å². The quantitative estimate of drug-likeness (QED) is 0.330. The van der Waals surface area contributed by atoms with E-state index >= 15 is 0 Å². The number of fused-ring (bicyclic) bond motifs is 1. The highest BCUT2D eigenvalue weighted by molar-refractivity contribution is 5.88. The zero-order valence-corrected chi connectivity index (χ0v) is 21.9. The van der Waals surface area contributed by atoms with E-state index < -0.39 is 5.97 Å². The number of anilines is 3. The normalized spacial score (nSPS) is 16.2. The smallest absolute Gasteiger partial charge is 0.335 e. The Hall–Kier alpha value is -4.02. The molecule has 39 heavy (non-hydrogen) atoms. The standard InChI is InChI=1S/C29H33N7O3/c37-28(38)21-6-8-24(9-7-21)31-27-19-25(32-29(33-27)35-14-16-39-17-15-35)22-4-5-23-20-30-36(26(23)18-22)13-3-12-34-10-1-2-11-34/h4-9,18-20H,1-3,10-17H2,(H,37,38)(H,31,32,33). The van der Waals surface area contributed by atoms with Gasteiger partial charge in [-0.3, -0.25) is 4.68 Å². The van der Waals surface area contributed by atoms with Gasteiger partial charge in [0, 0.05) is 42.3 Å². The molecular weight excluding hydrogens is 494 g/mol. The molecule has 2 fully saturated rings. The Morgan fingerprint density at radius 3 is 2.51 bits per heavy atom. The maximum atomic E-state index is 11.2. The van der Waals surface area contributed by atoms with Crippen molar-refractivity contribution in [2.45, 2.75) is 25.8 Å². The molecule has 0 amide bonds. The number of carboxylic acids is 1. The molecule has 10 heteroatoms. The first-order chi connectivity index (χ1) is 19.1. The monoisotopic (exact) mass is 527 g/mol. The van der Waals surface area contributed by atoms with Gasteiger partial charge in [0.25, 0.3) is 0 Å². The fourth-order valence-electron chi connectivity index (χ4n) is 5.25. The second kappa shape index (κ2) is 11.4. The molecule has 6 rings (SSSR count). The van der Waals surface area contributed by atoms with Gasteiger partial charge < -0.3 is 25.0 Å². The SMILES string of the molecule is O=C(O)c1ccc(Nc2cc(-c3ccc4cnn(CCCN5CCCC5)c4c3)nc(N3CCOCC3)n2)cc1. The van der Waals surface area contributed by atoms with Gasteiger partial charge >= 0.3 is 5.97 Å². The summed E-state index contributed by atoms with van der Waals surface area (Å²) in [7, 11) is 0. The van der Waals surface area contributed by atoms with Gasteiger partial charge in [0.2, 0.25) is 5.95 Å². The van der Waals surface area contributed by atoms with Crippen LogP contribution in [-0.4, -0.2) is 81.7 Å². The highest BCUT2D eigenvalue weighted by Crippen LogP contribution is 2.28. The molecule has 4 aromatic rings. The lowest BCUT2D eigenvalue weighted by Gasteiger charge is -2.27. The number of ether oxygens (including phenoxy) is 1. The molecule has 0 bridgehead atoms. The molecular formula is C29H33N7O3. The van der Waals surface area contributed by atoms with E-state index in [0.29, 0.717) is 25.0 Å². The van der Waals surface area contributed by atoms with Crippen molar-refractivity contribution in [1.82, 2.24) is 24.6 Å². The number of rotatable bonds is 9. The fraction of sp³-hybridized carbons (Fsp3) is 0.379. The van der Waals surface area contributed by atoms with Gasteiger partial charge in [-0.1, -0.05) is 12.1 Å². The molecule has 2 aliphatic rings. The molecule has 4 heterocycles. The molecule has 202 valence electrons. The van der Waals surface area contributed by atoms with Gasteiger partial charge in [-0.25, -0.2) is 9.78 Å². The Kier molecular flexibility index (Phi) is 7.38. The maximum absolute atomic E-state index is 11.2. The first-order valence-electron chi connectivity index (χ1n) is 13.6. The molecule has 2 N–H and O–H groups in total. The summed E-state index contributed by atoms with van der Waals surface area (Å²) >= 11 is 0. The maximum Gasteiger partial charge on any atom is 0.335 e. The first kappa shape index (κ1) is 25.3. The van der Waals surface area contributed by atoms with E-state index in [0.717, 1.165) is 60.4 Å². The predicted molar refractivity (Wildman–Crippen MR) is 151 cm³/mol. The Balaban J connectivity index is 1.29. The van der Waals surface area contributed by atoms with E-state index in [-0.39, 0.29) is 5.56 Å². The Labute approximate surface area is 227 Å². The summed E-state index contributed by atoms with van der Waals surface area (Å²) in [6.07, 6.45) is 5.63. The number of hydrogen-bond donors (Lipinski definition) is 2. The van der Waals surface area contributed by atoms with Gasteiger partial charge in [-0.15, -0.1) is 0 Å². The average Bonchev–Trinajstić information content (AvgIpc) is 3.64. The lowest BCUT2D eigenvalue weighted by molar-refractivity contribution is 0.0697. The highest BCUT2D eigenvalue weighted by atomic mass is 16.5. The van der Waals surface area contributed by atoms with Crippen LogP contribution < -0.4 is 10.2 Å². The molecule has 0 atom stereocenters. The third-order valence-electron chi connectivity index (χ3n) is 7.40. The summed E-state index contributed by atoms with van der Waals surface area (Å²) in [6, 6.07) is 14.9. The topological polar surface area (TPSA) is 109 Å². The number of likely N-dealkylation sites (tertiary alicyclic amines) is 1. The van der Waals surface area contributed by atoms with E-state index in [9.17, 15) is 9.90 Å². The van der Waals surface area contributed by atoms with Crippen molar-refractivity contribution in [3.05, 3.63) is 60.3 Å². The van der Waals surface area contributed by atoms with Crippen LogP contribution in [0.1, 0.15) is 29.6 Å². The van der Waals surface area contributed by atoms with Crippen molar-refractivity contribution in [2.24, 2.45) is 0 Å². The van der Waals surface area contributed by atoms with E-state index in [1.54, 1.807) is 24.3 Å². The molecule has 2 aromatic carbocycles. The number of aromatic carboxylic acids is 1. The average molecular weight is 528 g/mol. The molecule has 10 nitrogen and oxygen atoms in total. The summed E-state index contributed by atoms with van der Waals surface area (Å²) in [6.45, 7) is 7.12. The minimum absolute atomic E-state index is 0.239. The second-order valence-corrected chi connectivity index (χ2v) is 10.1. The van der Waals surface area contributed by atoms with Crippen LogP contribution in [0.25, 0.3) is 22.2 Å². The van der Waals surface area contributed by atoms with E-state index in [1.165, 1.54) is 25.9 Å². The van der Waals surface area contributed by atoms with Crippen molar-refractivity contribution in [1.29, 1.82) is 0 Å². The number of benzene rings is 2. The number of nitrogens with zero attached hydrogens (tertiary/aromatic N) is 6. The van der Waals surface area contributed by atoms with Gasteiger partial charge in [0.05, 0.1) is 36.2 Å². The van der Waals surface area contributed by atoms with Gasteiger partial charge in [-0.05, 0) is 69.2 Å². The van der Waals surface area contributed by atoms with Crippen LogP contribution in [0, 0.1) is 0 Å². The fourth-order valence-corrected chi connectivity index (χ4v) is 5.25. The van der Waals surface area contributed by atoms with Crippen molar-refractivity contribution >= 4 is 34.3 Å². The van der Waals surface area contributed by atoms with Crippen LogP contribution in [0.5, 0.6) is 0 Å². The number of carboxylic acid groups (broad SMARTS) is 1. The summed E-state index contributed by atoms with van der Waals surface area (Å²) in [5.74, 6) is 0.328. The minimum Gasteiger partial charge on any atom is -0.478 e. The predicted octanol–water partition coefficient (Wildman–Crippen LogP) is 4.26. The van der Waals surface area contributed by atoms with Crippen LogP contribution >= 0.6 is 0 Å². The molecule has 2 aromatic heterocycles. The molecule has 2 aliphatic heterocycles. The third kappa shape index (κ3) is 5.86. The van der Waals surface area contributed by atoms with Gasteiger partial charge in [0.15, 0.2) is 0 Å². The van der Waals surface area contributed by atoms with Crippen LogP contribution in [0.15, 0.2) is 54.7 Å². The minimum atomic E-state index is -0.953. The second-order valence-electron chi connectivity index (χ2n) is 10.1. The van der Waals surface area contributed by atoms with Crippen LogP contribution in [-0.2, 0) is 11.3 Å². The molecule has 0 unspecified atom stereocenters. The first-order valence-corrected chi connectivity index (χ1v) is 13.6. The van der Waals surface area contributed by atoms with Crippen LogP contribution in [0.4, 0.5) is 17.5 Å². The zero-order valence-electron chi connectivity index (χ0n) is 21.9. The number of aromatic nitrogens is 4. The third-order valence-corrected chi connectivity index (χ3v) is 7.40. The summed E-state index contributed by atoms with van der Waals surface area (Å²) < 4.78 is 7.64. The molecule has 0 radical (unpaired) electrons. The molecule has 0 aliphatic carbocycles. The number of morpholine rings is 1. The van der Waals surface area contributed by atoms with E-state index in [2.05, 4.69) is 43.1 Å². The molecule has 0 spiro atoms. The highest BCUT2D eigenvalue weighted by Gasteiger charge is 2.18. The Bertz CT molecular complexity index is 1440. The summed E-state index contributed by atoms with van der Waals surface area (Å²) in [5.41, 5.74) is 3.89. The van der Waals surface area contributed by atoms with Gasteiger partial charge in [0.1, 0.15) is 5.82 Å². The zero-order chi connectivity index (χ0) is 26.6. The largest absolute Gasteiger partial charge is 0.478 e. The molecule has 2 saturated heterocycles. The molecule has 0 saturated carbocycles. The van der Waals surface area contributed by atoms with Gasteiger partial charge in [-0.2, -0.15) is 10.1 Å². The Morgan fingerprint density at radius 1 is 0.949 bits per heavy atom. The number of nitrogens with one attached hydrogen (secondary N) is 1. The van der Waals surface area contributed by atoms with Crippen LogP contribution in [0.2, 0.25) is 0 Å². The summed E-state index contributed by atoms with van der Waals surface area (Å²) in [5, 5.41) is 18.3. The summed E-state index contributed by atoms with van der Waals surface area (Å²) in [4.78, 5) is 25.7. The van der Waals surface area contributed by atoms with Crippen LogP contribution in [0.3, 0.4) is 0 Å². The number of carbonyl (C=O) groups is 1. The van der Waals surface area contributed by atoms with Crippen molar-refractivity contribution < 1.29 is 14.6 Å². The number of hydrogen-bond acceptors (Lipinski definition) is 8. The number of aryl methyl sites for hydroxylation is 1. The van der Waals surface area contributed by atoms with E-state index in [1.807, 2.05) is 12.3 Å². The van der Waals surface area contributed by atoms with Crippen molar-refractivity contribution in [2.75, 3.05) is 56.2 Å². The lowest BCUT2D eigenvalue weighted by atomic mass is 10.1. The Morgan fingerprint density at radius 2 is 1.74 bits per heavy atom.